The largest absolute Gasteiger partial charge is 0.383 e. The lowest BCUT2D eigenvalue weighted by atomic mass is 10.2. The number of nitrogens with zero attached hydrogens (tertiary/aromatic N) is 1. The van der Waals surface area contributed by atoms with Crippen LogP contribution in [-0.2, 0) is 0 Å². The zero-order valence-corrected chi connectivity index (χ0v) is 10.2. The fourth-order valence-corrected chi connectivity index (χ4v) is 1.57. The van der Waals surface area contributed by atoms with Gasteiger partial charge in [0.05, 0.1) is 0 Å². The second-order valence-electron chi connectivity index (χ2n) is 3.83. The molecule has 0 radical (unpaired) electrons. The van der Waals surface area contributed by atoms with Gasteiger partial charge in [-0.05, 0) is 31.3 Å². The quantitative estimate of drug-likeness (QED) is 0.625. The van der Waals surface area contributed by atoms with Crippen LogP contribution < -0.4 is 5.32 Å². The Kier molecular flexibility index (Phi) is 3.55. The van der Waals surface area contributed by atoms with Crippen molar-refractivity contribution in [1.82, 2.24) is 15.2 Å². The van der Waals surface area contributed by atoms with Crippen molar-refractivity contribution in [3.8, 4) is 0 Å². The first-order chi connectivity index (χ1) is 8.15. The van der Waals surface area contributed by atoms with Gasteiger partial charge in [-0.25, -0.2) is 0 Å². The van der Waals surface area contributed by atoms with Gasteiger partial charge in [-0.2, -0.15) is 5.10 Å². The molecule has 90 valence electrons. The Labute approximate surface area is 104 Å². The summed E-state index contributed by atoms with van der Waals surface area (Å²) in [7, 11) is 0. The second kappa shape index (κ2) is 5.11. The van der Waals surface area contributed by atoms with Gasteiger partial charge in [0.25, 0.3) is 0 Å². The van der Waals surface area contributed by atoms with Gasteiger partial charge in [-0.3, -0.25) is 5.10 Å². The lowest BCUT2D eigenvalue weighted by Crippen LogP contribution is -2.13. The summed E-state index contributed by atoms with van der Waals surface area (Å²) in [4.78, 5) is 2.78. The maximum absolute atomic E-state index is 9.83. The zero-order valence-electron chi connectivity index (χ0n) is 9.40. The molecule has 0 aliphatic carbocycles. The Balaban J connectivity index is 1.94. The first-order valence-electron chi connectivity index (χ1n) is 5.28. The van der Waals surface area contributed by atoms with Crippen molar-refractivity contribution in [3.05, 3.63) is 40.4 Å². The summed E-state index contributed by atoms with van der Waals surface area (Å²) >= 11 is 4.84. The van der Waals surface area contributed by atoms with E-state index < -0.39 is 6.10 Å². The summed E-state index contributed by atoms with van der Waals surface area (Å²) in [6.45, 7) is 2.40. The van der Waals surface area contributed by atoms with Gasteiger partial charge < -0.3 is 15.4 Å². The van der Waals surface area contributed by atoms with E-state index >= 15 is 0 Å². The number of aliphatic hydroxyl groups is 1. The lowest BCUT2D eigenvalue weighted by molar-refractivity contribution is 0.182. The average molecular weight is 250 g/mol. The number of rotatable bonds is 4. The Morgan fingerprint density at radius 3 is 2.71 bits per heavy atom. The van der Waals surface area contributed by atoms with Gasteiger partial charge in [-0.1, -0.05) is 17.7 Å². The molecular weight excluding hydrogens is 236 g/mol. The van der Waals surface area contributed by atoms with Crippen molar-refractivity contribution in [3.63, 3.8) is 0 Å². The molecule has 1 unspecified atom stereocenters. The monoisotopic (exact) mass is 250 g/mol. The third-order valence-corrected chi connectivity index (χ3v) is 2.58. The number of aryl methyl sites for hydroxylation is 1. The molecule has 0 spiro atoms. The third-order valence-electron chi connectivity index (χ3n) is 2.39. The van der Waals surface area contributed by atoms with Crippen LogP contribution in [0.1, 0.15) is 17.5 Å². The molecule has 0 saturated carbocycles. The minimum atomic E-state index is -0.718. The highest BCUT2D eigenvalue weighted by atomic mass is 32.1. The van der Waals surface area contributed by atoms with E-state index in [9.17, 15) is 5.11 Å². The number of aliphatic hydroxyl groups excluding tert-OH is 1. The molecule has 0 aliphatic rings. The molecule has 17 heavy (non-hydrogen) atoms. The van der Waals surface area contributed by atoms with Crippen LogP contribution >= 0.6 is 12.2 Å². The average Bonchev–Trinajstić information content (AvgIpc) is 2.75. The second-order valence-corrected chi connectivity index (χ2v) is 4.23. The first kappa shape index (κ1) is 11.8. The summed E-state index contributed by atoms with van der Waals surface area (Å²) in [5.74, 6) is 0.439. The van der Waals surface area contributed by atoms with Gasteiger partial charge >= 0.3 is 0 Å². The molecule has 2 rings (SSSR count). The summed E-state index contributed by atoms with van der Waals surface area (Å²) < 4.78 is 0.411. The Morgan fingerprint density at radius 1 is 1.41 bits per heavy atom. The lowest BCUT2D eigenvalue weighted by Gasteiger charge is -2.10. The van der Waals surface area contributed by atoms with Crippen molar-refractivity contribution in [2.75, 3.05) is 11.9 Å². The molecule has 0 saturated heterocycles. The predicted octanol–water partition coefficient (Wildman–Crippen LogP) is 1.92. The van der Waals surface area contributed by atoms with Crippen LogP contribution in [0, 0.1) is 11.7 Å². The summed E-state index contributed by atoms with van der Waals surface area (Å²) in [5, 5.41) is 19.4. The Morgan fingerprint density at radius 2 is 2.12 bits per heavy atom. The minimum absolute atomic E-state index is 0.374. The van der Waals surface area contributed by atoms with Crippen LogP contribution in [-0.4, -0.2) is 26.8 Å². The van der Waals surface area contributed by atoms with Crippen LogP contribution in [0.4, 0.5) is 5.69 Å². The van der Waals surface area contributed by atoms with Crippen LogP contribution in [0.15, 0.2) is 24.3 Å². The molecule has 0 amide bonds. The SMILES string of the molecule is Cc1ccc(NCC(O)c2n[nH]c(=S)[nH]2)cc1. The molecule has 0 bridgehead atoms. The molecule has 1 heterocycles. The van der Waals surface area contributed by atoms with E-state index in [0.717, 1.165) is 5.69 Å². The van der Waals surface area contributed by atoms with E-state index in [1.165, 1.54) is 5.56 Å². The van der Waals surface area contributed by atoms with Gasteiger partial charge in [0, 0.05) is 12.2 Å². The molecule has 5 nitrogen and oxygen atoms in total. The van der Waals surface area contributed by atoms with Crippen molar-refractivity contribution >= 4 is 17.9 Å². The number of benzene rings is 1. The number of hydrogen-bond donors (Lipinski definition) is 4. The van der Waals surface area contributed by atoms with Gasteiger partial charge in [-0.15, -0.1) is 0 Å². The Bertz CT molecular complexity index is 531. The smallest absolute Gasteiger partial charge is 0.192 e. The minimum Gasteiger partial charge on any atom is -0.383 e. The van der Waals surface area contributed by atoms with E-state index in [1.807, 2.05) is 31.2 Å². The van der Waals surface area contributed by atoms with Gasteiger partial charge in [0.15, 0.2) is 10.6 Å². The first-order valence-corrected chi connectivity index (χ1v) is 5.69. The number of anilines is 1. The summed E-state index contributed by atoms with van der Waals surface area (Å²) in [6.07, 6.45) is -0.718. The number of hydrogen-bond acceptors (Lipinski definition) is 4. The normalized spacial score (nSPS) is 12.4. The molecule has 0 aliphatic heterocycles. The Hall–Kier alpha value is -1.66. The topological polar surface area (TPSA) is 76.7 Å². The number of aromatic nitrogens is 3. The summed E-state index contributed by atoms with van der Waals surface area (Å²) in [6, 6.07) is 7.96. The van der Waals surface area contributed by atoms with E-state index in [-0.39, 0.29) is 0 Å². The number of nitrogens with one attached hydrogen (secondary N) is 3. The molecule has 6 heteroatoms. The highest BCUT2D eigenvalue weighted by molar-refractivity contribution is 7.71. The van der Waals surface area contributed by atoms with Crippen molar-refractivity contribution < 1.29 is 5.11 Å². The van der Waals surface area contributed by atoms with Crippen LogP contribution in [0.5, 0.6) is 0 Å². The highest BCUT2D eigenvalue weighted by Gasteiger charge is 2.10. The number of H-pyrrole nitrogens is 2. The fourth-order valence-electron chi connectivity index (χ4n) is 1.42. The molecule has 0 fully saturated rings. The molecular formula is C11H14N4OS. The van der Waals surface area contributed by atoms with E-state index in [0.29, 0.717) is 17.1 Å². The molecule has 2 aromatic rings. The van der Waals surface area contributed by atoms with Crippen molar-refractivity contribution in [2.45, 2.75) is 13.0 Å². The van der Waals surface area contributed by atoms with Crippen molar-refractivity contribution in [2.24, 2.45) is 0 Å². The fraction of sp³-hybridized carbons (Fsp3) is 0.273. The van der Waals surface area contributed by atoms with E-state index in [4.69, 9.17) is 12.2 Å². The third kappa shape index (κ3) is 3.15. The zero-order chi connectivity index (χ0) is 12.3. The van der Waals surface area contributed by atoms with Crippen LogP contribution in [0.2, 0.25) is 0 Å². The van der Waals surface area contributed by atoms with Gasteiger partial charge in [0.2, 0.25) is 0 Å². The standard InChI is InChI=1S/C11H14N4OS/c1-7-2-4-8(5-3-7)12-6-9(16)10-13-11(17)15-14-10/h2-5,9,12,16H,6H2,1H3,(H2,13,14,15,17). The number of aromatic amines is 2. The van der Waals surface area contributed by atoms with Crippen molar-refractivity contribution in [1.29, 1.82) is 0 Å². The van der Waals surface area contributed by atoms with Crippen LogP contribution in [0.3, 0.4) is 0 Å². The molecule has 1 aromatic carbocycles. The predicted molar refractivity (Wildman–Crippen MR) is 68.4 cm³/mol. The maximum Gasteiger partial charge on any atom is 0.192 e. The molecule has 1 atom stereocenters. The van der Waals surface area contributed by atoms with Crippen LogP contribution in [0.25, 0.3) is 0 Å². The maximum atomic E-state index is 9.83. The van der Waals surface area contributed by atoms with Gasteiger partial charge in [0.1, 0.15) is 6.10 Å². The van der Waals surface area contributed by atoms with E-state index in [2.05, 4.69) is 20.5 Å². The molecule has 4 N–H and O–H groups in total. The molecule has 1 aromatic heterocycles. The summed E-state index contributed by atoms with van der Waals surface area (Å²) in [5.41, 5.74) is 2.16. The van der Waals surface area contributed by atoms with E-state index in [1.54, 1.807) is 0 Å². The highest BCUT2D eigenvalue weighted by Crippen LogP contribution is 2.11.